The molecular weight excluding hydrogens is 638 g/mol. The van der Waals surface area contributed by atoms with Crippen LogP contribution in [0.25, 0.3) is 0 Å². The summed E-state index contributed by atoms with van der Waals surface area (Å²) < 4.78 is 63.8. The van der Waals surface area contributed by atoms with Crippen LogP contribution < -0.4 is 14.6 Å². The minimum atomic E-state index is -4.30. The number of aliphatic hydroxyl groups excluding tert-OH is 1. The zero-order valence-electron chi connectivity index (χ0n) is 25.8. The highest BCUT2D eigenvalue weighted by Gasteiger charge is 2.36. The summed E-state index contributed by atoms with van der Waals surface area (Å²) in [6.07, 6.45) is 0. The van der Waals surface area contributed by atoms with E-state index in [0.29, 0.717) is 0 Å². The van der Waals surface area contributed by atoms with Gasteiger partial charge in [-0.1, -0.05) is 121 Å². The molecule has 0 fully saturated rings. The van der Waals surface area contributed by atoms with Crippen molar-refractivity contribution in [3.63, 3.8) is 0 Å². The summed E-state index contributed by atoms with van der Waals surface area (Å²) >= 11 is 0. The van der Waals surface area contributed by atoms with E-state index in [2.05, 4.69) is 0 Å². The van der Waals surface area contributed by atoms with E-state index >= 15 is 0 Å². The highest BCUT2D eigenvalue weighted by atomic mass is 31.2. The fraction of sp³-hybridized carbons (Fsp3) is 0.167. The van der Waals surface area contributed by atoms with E-state index in [9.17, 15) is 14.2 Å². The molecule has 5 aromatic rings. The average molecular weight is 675 g/mol. The molecule has 0 atom stereocenters. The normalized spacial score (nSPS) is 11.7. The Balaban J connectivity index is 1.47. The Morgan fingerprint density at radius 1 is 0.532 bits per heavy atom. The molecule has 9 nitrogen and oxygen atoms in total. The predicted molar refractivity (Wildman–Crippen MR) is 179 cm³/mol. The van der Waals surface area contributed by atoms with Crippen LogP contribution in [0, 0.1) is 0 Å². The van der Waals surface area contributed by atoms with Crippen molar-refractivity contribution in [3.8, 4) is 11.5 Å². The lowest BCUT2D eigenvalue weighted by molar-refractivity contribution is 0.142. The van der Waals surface area contributed by atoms with E-state index in [4.69, 9.17) is 27.4 Å². The summed E-state index contributed by atoms with van der Waals surface area (Å²) in [6, 6.07) is 39.6. The van der Waals surface area contributed by atoms with E-state index in [1.165, 1.54) is 19.2 Å². The first-order chi connectivity index (χ1) is 22.9. The summed E-state index contributed by atoms with van der Waals surface area (Å²) in [5.74, 6) is 0.0227. The van der Waals surface area contributed by atoms with Crippen molar-refractivity contribution in [3.05, 3.63) is 161 Å². The highest BCUT2D eigenvalue weighted by Crippen LogP contribution is 2.55. The van der Waals surface area contributed by atoms with Crippen LogP contribution in [0.15, 0.2) is 133 Å². The third-order valence-corrected chi connectivity index (χ3v) is 10.2. The van der Waals surface area contributed by atoms with Crippen molar-refractivity contribution in [1.82, 2.24) is 0 Å². The van der Waals surface area contributed by atoms with E-state index < -0.39 is 22.0 Å². The fourth-order valence-electron chi connectivity index (χ4n) is 4.49. The summed E-state index contributed by atoms with van der Waals surface area (Å²) in [5.41, 5.74) is 3.21. The number of hydrogen-bond donors (Lipinski definition) is 1. The van der Waals surface area contributed by atoms with Crippen LogP contribution in [0.1, 0.15) is 27.8 Å². The van der Waals surface area contributed by atoms with Crippen molar-refractivity contribution in [2.45, 2.75) is 33.0 Å². The van der Waals surface area contributed by atoms with Crippen molar-refractivity contribution in [1.29, 1.82) is 0 Å². The van der Waals surface area contributed by atoms with E-state index in [0.717, 1.165) is 22.3 Å². The molecule has 0 saturated heterocycles. The molecule has 5 rings (SSSR count). The molecule has 47 heavy (non-hydrogen) atoms. The van der Waals surface area contributed by atoms with Gasteiger partial charge in [-0.25, -0.2) is 4.57 Å². The molecule has 1 N–H and O–H groups in total. The Hall–Kier alpha value is -4.04. The molecular formula is C36H36O9P2. The molecule has 0 aliphatic rings. The highest BCUT2D eigenvalue weighted by molar-refractivity contribution is 7.62. The minimum absolute atomic E-state index is 0.0153. The third kappa shape index (κ3) is 9.74. The summed E-state index contributed by atoms with van der Waals surface area (Å²) in [4.78, 5) is 0. The Kier molecular flexibility index (Phi) is 12.2. The summed E-state index contributed by atoms with van der Waals surface area (Å²) in [6.45, 7) is -0.725. The van der Waals surface area contributed by atoms with Gasteiger partial charge in [0, 0.05) is 11.6 Å². The minimum Gasteiger partial charge on any atom is -0.496 e. The molecule has 0 aliphatic heterocycles. The maximum atomic E-state index is 14.6. The van der Waals surface area contributed by atoms with Gasteiger partial charge < -0.3 is 23.4 Å². The van der Waals surface area contributed by atoms with E-state index in [-0.39, 0.29) is 48.8 Å². The fourth-order valence-corrected chi connectivity index (χ4v) is 7.42. The van der Waals surface area contributed by atoms with Gasteiger partial charge in [0.2, 0.25) is 0 Å². The van der Waals surface area contributed by atoms with Gasteiger partial charge in [-0.15, -0.1) is 0 Å². The van der Waals surface area contributed by atoms with Crippen LogP contribution in [0.5, 0.6) is 11.5 Å². The Morgan fingerprint density at radius 3 is 1.28 bits per heavy atom. The van der Waals surface area contributed by atoms with Gasteiger partial charge in [0.25, 0.3) is 0 Å². The Morgan fingerprint density at radius 2 is 0.915 bits per heavy atom. The van der Waals surface area contributed by atoms with Gasteiger partial charge in [-0.05, 0) is 28.3 Å². The lowest BCUT2D eigenvalue weighted by Crippen LogP contribution is -2.16. The quantitative estimate of drug-likeness (QED) is 0.0973. The average Bonchev–Trinajstić information content (AvgIpc) is 3.13. The summed E-state index contributed by atoms with van der Waals surface area (Å²) in [5, 5.41) is 10.5. The number of phosphoric acid groups is 1. The zero-order chi connectivity index (χ0) is 33.0. The van der Waals surface area contributed by atoms with Gasteiger partial charge in [-0.2, -0.15) is 0 Å². The van der Waals surface area contributed by atoms with Crippen LogP contribution >= 0.6 is 15.4 Å². The van der Waals surface area contributed by atoms with Crippen LogP contribution in [-0.4, -0.2) is 12.2 Å². The van der Waals surface area contributed by atoms with Crippen LogP contribution in [0.4, 0.5) is 0 Å². The van der Waals surface area contributed by atoms with Gasteiger partial charge in [0.05, 0.1) is 40.1 Å². The summed E-state index contributed by atoms with van der Waals surface area (Å²) in [7, 11) is -7.01. The van der Waals surface area contributed by atoms with Gasteiger partial charge in [0.15, 0.2) is 0 Å². The monoisotopic (exact) mass is 674 g/mol. The van der Waals surface area contributed by atoms with Crippen molar-refractivity contribution >= 4 is 20.7 Å². The van der Waals surface area contributed by atoms with Crippen molar-refractivity contribution in [2.75, 3.05) is 7.11 Å². The first kappa shape index (κ1) is 34.3. The standard InChI is InChI=1S/C36H36O9P2/c1-40-35-23-34(45-47(39,43-27-31-18-10-4-11-19-31)44-28-32-20-12-5-13-21-32)33(24-37)22-36(35)46(38,41-25-29-14-6-2-7-15-29)42-26-30-16-8-3-9-17-30/h2-23,37H,24-28H2,1H3. The smallest absolute Gasteiger partial charge is 0.496 e. The number of ether oxygens (including phenoxy) is 1. The van der Waals surface area contributed by atoms with Crippen LogP contribution in [0.2, 0.25) is 0 Å². The van der Waals surface area contributed by atoms with Crippen molar-refractivity contribution < 1.29 is 41.6 Å². The molecule has 0 amide bonds. The molecule has 11 heteroatoms. The molecule has 244 valence electrons. The number of aliphatic hydroxyl groups is 1. The second-order valence-electron chi connectivity index (χ2n) is 10.4. The molecule has 0 radical (unpaired) electrons. The zero-order valence-corrected chi connectivity index (χ0v) is 27.6. The Bertz CT molecular complexity index is 1690. The van der Waals surface area contributed by atoms with Gasteiger partial charge >= 0.3 is 15.4 Å². The second kappa shape index (κ2) is 16.7. The number of benzene rings is 5. The largest absolute Gasteiger partial charge is 0.530 e. The van der Waals surface area contributed by atoms with Crippen molar-refractivity contribution in [2.24, 2.45) is 0 Å². The molecule has 5 aromatic carbocycles. The van der Waals surface area contributed by atoms with Gasteiger partial charge in [0.1, 0.15) is 16.8 Å². The van der Waals surface area contributed by atoms with Crippen LogP contribution in [-0.2, 0) is 60.3 Å². The maximum Gasteiger partial charge on any atom is 0.530 e. The molecule has 0 aromatic heterocycles. The third-order valence-electron chi connectivity index (χ3n) is 6.99. The first-order valence-electron chi connectivity index (χ1n) is 14.9. The molecule has 0 heterocycles. The van der Waals surface area contributed by atoms with Crippen LogP contribution in [0.3, 0.4) is 0 Å². The number of phosphoric ester groups is 1. The van der Waals surface area contributed by atoms with Gasteiger partial charge in [-0.3, -0.25) is 13.6 Å². The molecule has 0 spiro atoms. The molecule has 0 aliphatic carbocycles. The topological polar surface area (TPSA) is 110 Å². The van der Waals surface area contributed by atoms with E-state index in [1.54, 1.807) is 0 Å². The number of rotatable bonds is 17. The predicted octanol–water partition coefficient (Wildman–Crippen LogP) is 8.36. The Labute approximate surface area is 274 Å². The lowest BCUT2D eigenvalue weighted by Gasteiger charge is -2.24. The SMILES string of the molecule is COc1cc(OP(=O)(OCc2ccccc2)OCc2ccccc2)c(CO)cc1P(=O)(OCc1ccccc1)OCc1ccccc1. The van der Waals surface area contributed by atoms with E-state index in [1.807, 2.05) is 121 Å². The molecule has 0 unspecified atom stereocenters. The second-order valence-corrected chi connectivity index (χ2v) is 13.9. The molecule has 0 saturated carbocycles. The lowest BCUT2D eigenvalue weighted by atomic mass is 10.2. The maximum absolute atomic E-state index is 14.6. The first-order valence-corrected chi connectivity index (χ1v) is 17.9. The number of hydrogen-bond acceptors (Lipinski definition) is 9. The molecule has 0 bridgehead atoms. The number of methoxy groups -OCH3 is 1.